The summed E-state index contributed by atoms with van der Waals surface area (Å²) in [6, 6.07) is 5.26. The standard InChI is InChI=1S/C15H17BrO4/c1-2-20-13-6-5-10(8-12(13)16)14(17)9-3-4-11(7-9)15(18)19/h5-6,8-9,11H,2-4,7H2,1H3,(H,18,19). The van der Waals surface area contributed by atoms with Gasteiger partial charge in [-0.05, 0) is 60.3 Å². The van der Waals surface area contributed by atoms with Crippen LogP contribution < -0.4 is 4.74 Å². The van der Waals surface area contributed by atoms with E-state index >= 15 is 0 Å². The Balaban J connectivity index is 2.10. The van der Waals surface area contributed by atoms with E-state index < -0.39 is 5.97 Å². The summed E-state index contributed by atoms with van der Waals surface area (Å²) in [5.74, 6) is -0.624. The van der Waals surface area contributed by atoms with E-state index in [0.29, 0.717) is 37.2 Å². The lowest BCUT2D eigenvalue weighted by Gasteiger charge is -2.11. The fourth-order valence-electron chi connectivity index (χ4n) is 2.61. The van der Waals surface area contributed by atoms with Gasteiger partial charge in [-0.1, -0.05) is 0 Å². The zero-order valence-corrected chi connectivity index (χ0v) is 12.9. The lowest BCUT2D eigenvalue weighted by Crippen LogP contribution is -2.14. The van der Waals surface area contributed by atoms with E-state index in [-0.39, 0.29) is 17.6 Å². The van der Waals surface area contributed by atoms with Gasteiger partial charge in [-0.15, -0.1) is 0 Å². The first kappa shape index (κ1) is 15.0. The van der Waals surface area contributed by atoms with Gasteiger partial charge in [0.1, 0.15) is 5.75 Å². The van der Waals surface area contributed by atoms with E-state index in [0.717, 1.165) is 4.47 Å². The summed E-state index contributed by atoms with van der Waals surface area (Å²) in [4.78, 5) is 23.3. The van der Waals surface area contributed by atoms with Gasteiger partial charge < -0.3 is 9.84 Å². The average Bonchev–Trinajstić information content (AvgIpc) is 2.90. The van der Waals surface area contributed by atoms with Crippen molar-refractivity contribution in [1.82, 2.24) is 0 Å². The van der Waals surface area contributed by atoms with Gasteiger partial charge in [-0.3, -0.25) is 9.59 Å². The molecule has 108 valence electrons. The molecule has 0 aromatic heterocycles. The number of carboxylic acids is 1. The number of ketones is 1. The van der Waals surface area contributed by atoms with Crippen LogP contribution in [-0.2, 0) is 4.79 Å². The fourth-order valence-corrected chi connectivity index (χ4v) is 3.10. The van der Waals surface area contributed by atoms with E-state index in [9.17, 15) is 9.59 Å². The Kier molecular flexibility index (Phi) is 4.81. The number of Topliss-reactive ketones (excluding diaryl/α,β-unsaturated/α-hetero) is 1. The number of hydrogen-bond acceptors (Lipinski definition) is 3. The third-order valence-corrected chi connectivity index (χ3v) is 4.29. The zero-order valence-electron chi connectivity index (χ0n) is 11.3. The second-order valence-corrected chi connectivity index (χ2v) is 5.84. The topological polar surface area (TPSA) is 63.6 Å². The van der Waals surface area contributed by atoms with Crippen LogP contribution in [0, 0.1) is 11.8 Å². The first-order valence-corrected chi connectivity index (χ1v) is 7.51. The molecule has 1 fully saturated rings. The largest absolute Gasteiger partial charge is 0.493 e. The number of hydrogen-bond donors (Lipinski definition) is 1. The number of halogens is 1. The molecule has 0 saturated heterocycles. The van der Waals surface area contributed by atoms with Crippen LogP contribution in [0.2, 0.25) is 0 Å². The number of ether oxygens (including phenoxy) is 1. The maximum atomic E-state index is 12.4. The molecule has 2 atom stereocenters. The molecule has 0 heterocycles. The van der Waals surface area contributed by atoms with Crippen LogP contribution in [-0.4, -0.2) is 23.5 Å². The fraction of sp³-hybridized carbons (Fsp3) is 0.467. The lowest BCUT2D eigenvalue weighted by molar-refractivity contribution is -0.141. The quantitative estimate of drug-likeness (QED) is 0.832. The van der Waals surface area contributed by atoms with Crippen LogP contribution in [0.15, 0.2) is 22.7 Å². The minimum Gasteiger partial charge on any atom is -0.493 e. The molecule has 20 heavy (non-hydrogen) atoms. The van der Waals surface area contributed by atoms with Crippen molar-refractivity contribution < 1.29 is 19.4 Å². The SMILES string of the molecule is CCOc1ccc(C(=O)C2CCC(C(=O)O)C2)cc1Br. The van der Waals surface area contributed by atoms with Crippen molar-refractivity contribution in [3.63, 3.8) is 0 Å². The molecule has 1 N–H and O–H groups in total. The molecule has 1 saturated carbocycles. The number of carbonyl (C=O) groups excluding carboxylic acids is 1. The van der Waals surface area contributed by atoms with Crippen molar-refractivity contribution in [2.24, 2.45) is 11.8 Å². The van der Waals surface area contributed by atoms with E-state index in [1.54, 1.807) is 18.2 Å². The van der Waals surface area contributed by atoms with Crippen molar-refractivity contribution in [3.8, 4) is 5.75 Å². The lowest BCUT2D eigenvalue weighted by atomic mass is 9.95. The molecule has 0 spiro atoms. The van der Waals surface area contributed by atoms with E-state index in [1.807, 2.05) is 6.92 Å². The minimum absolute atomic E-state index is 0.0255. The molecule has 0 amide bonds. The van der Waals surface area contributed by atoms with Gasteiger partial charge >= 0.3 is 5.97 Å². The summed E-state index contributed by atoms with van der Waals surface area (Å²) < 4.78 is 6.16. The van der Waals surface area contributed by atoms with Crippen LogP contribution in [0.5, 0.6) is 5.75 Å². The summed E-state index contributed by atoms with van der Waals surface area (Å²) in [6.45, 7) is 2.46. The highest BCUT2D eigenvalue weighted by Gasteiger charge is 2.34. The van der Waals surface area contributed by atoms with Gasteiger partial charge in [0.05, 0.1) is 17.0 Å². The highest BCUT2D eigenvalue weighted by molar-refractivity contribution is 9.10. The smallest absolute Gasteiger partial charge is 0.306 e. The number of rotatable bonds is 5. The predicted octanol–water partition coefficient (Wildman–Crippen LogP) is 3.53. The van der Waals surface area contributed by atoms with Gasteiger partial charge in [0.2, 0.25) is 0 Å². The Morgan fingerprint density at radius 2 is 2.05 bits per heavy atom. The molecule has 0 aliphatic heterocycles. The Hall–Kier alpha value is -1.36. The van der Waals surface area contributed by atoms with E-state index in [2.05, 4.69) is 15.9 Å². The molecular weight excluding hydrogens is 324 g/mol. The molecule has 1 aliphatic rings. The van der Waals surface area contributed by atoms with Crippen LogP contribution in [0.25, 0.3) is 0 Å². The summed E-state index contributed by atoms with van der Waals surface area (Å²) in [5.41, 5.74) is 0.608. The van der Waals surface area contributed by atoms with Gasteiger partial charge in [0.15, 0.2) is 5.78 Å². The Morgan fingerprint density at radius 3 is 2.60 bits per heavy atom. The molecule has 5 heteroatoms. The number of carboxylic acid groups (broad SMARTS) is 1. The highest BCUT2D eigenvalue weighted by atomic mass is 79.9. The molecule has 1 aliphatic carbocycles. The van der Waals surface area contributed by atoms with Crippen LogP contribution in [0.4, 0.5) is 0 Å². The Morgan fingerprint density at radius 1 is 1.35 bits per heavy atom. The zero-order chi connectivity index (χ0) is 14.7. The van der Waals surface area contributed by atoms with Gasteiger partial charge in [-0.2, -0.15) is 0 Å². The molecule has 2 rings (SSSR count). The van der Waals surface area contributed by atoms with Crippen molar-refractivity contribution in [3.05, 3.63) is 28.2 Å². The first-order valence-electron chi connectivity index (χ1n) is 6.72. The number of aliphatic carboxylic acids is 1. The minimum atomic E-state index is -0.798. The Bertz CT molecular complexity index is 527. The molecule has 1 aromatic rings. The molecule has 0 radical (unpaired) electrons. The van der Waals surface area contributed by atoms with Crippen LogP contribution in [0.1, 0.15) is 36.5 Å². The number of carbonyl (C=O) groups is 2. The average molecular weight is 341 g/mol. The van der Waals surface area contributed by atoms with Gasteiger partial charge in [0, 0.05) is 11.5 Å². The second-order valence-electron chi connectivity index (χ2n) is 4.99. The van der Waals surface area contributed by atoms with Gasteiger partial charge in [-0.25, -0.2) is 0 Å². The molecule has 2 unspecified atom stereocenters. The third-order valence-electron chi connectivity index (χ3n) is 3.67. The second kappa shape index (κ2) is 6.39. The highest BCUT2D eigenvalue weighted by Crippen LogP contribution is 2.34. The summed E-state index contributed by atoms with van der Waals surface area (Å²) in [7, 11) is 0. The monoisotopic (exact) mass is 340 g/mol. The van der Waals surface area contributed by atoms with Gasteiger partial charge in [0.25, 0.3) is 0 Å². The summed E-state index contributed by atoms with van der Waals surface area (Å²) in [5, 5.41) is 8.99. The van der Waals surface area contributed by atoms with E-state index in [4.69, 9.17) is 9.84 Å². The number of benzene rings is 1. The summed E-state index contributed by atoms with van der Waals surface area (Å²) >= 11 is 3.39. The van der Waals surface area contributed by atoms with Crippen LogP contribution in [0.3, 0.4) is 0 Å². The third kappa shape index (κ3) is 3.20. The predicted molar refractivity (Wildman–Crippen MR) is 78.1 cm³/mol. The van der Waals surface area contributed by atoms with E-state index in [1.165, 1.54) is 0 Å². The Labute approximate surface area is 126 Å². The first-order chi connectivity index (χ1) is 9.52. The molecule has 0 bridgehead atoms. The van der Waals surface area contributed by atoms with Crippen molar-refractivity contribution >= 4 is 27.7 Å². The molecule has 1 aromatic carbocycles. The maximum absolute atomic E-state index is 12.4. The molecule has 4 nitrogen and oxygen atoms in total. The summed E-state index contributed by atoms with van der Waals surface area (Å²) in [6.07, 6.45) is 1.68. The molecular formula is C15H17BrO4. The van der Waals surface area contributed by atoms with Crippen molar-refractivity contribution in [2.75, 3.05) is 6.61 Å². The maximum Gasteiger partial charge on any atom is 0.306 e. The van der Waals surface area contributed by atoms with Crippen molar-refractivity contribution in [1.29, 1.82) is 0 Å². The van der Waals surface area contributed by atoms with Crippen molar-refractivity contribution in [2.45, 2.75) is 26.2 Å². The van der Waals surface area contributed by atoms with Crippen LogP contribution >= 0.6 is 15.9 Å². The normalized spacial score (nSPS) is 21.7.